The van der Waals surface area contributed by atoms with Gasteiger partial charge in [0.25, 0.3) is 0 Å². The third-order valence-corrected chi connectivity index (χ3v) is 2.82. The van der Waals surface area contributed by atoms with E-state index < -0.39 is 0 Å². The fraction of sp³-hybridized carbons (Fsp3) is 0. The van der Waals surface area contributed by atoms with Gasteiger partial charge in [-0.2, -0.15) is 4.79 Å². The molecule has 0 aromatic heterocycles. The minimum Gasteiger partial charge on any atom is -0.361 e. The third kappa shape index (κ3) is 1.56. The first-order valence-electron chi connectivity index (χ1n) is 5.46. The Hall–Kier alpha value is -2.58. The minimum atomic E-state index is -0.376. The Morgan fingerprint density at radius 2 is 1.83 bits per heavy atom. The number of halogens is 1. The molecule has 86 valence electrons. The van der Waals surface area contributed by atoms with Gasteiger partial charge in [0.1, 0.15) is 5.82 Å². The molecule has 3 rings (SSSR count). The van der Waals surface area contributed by atoms with Crippen LogP contribution in [0.2, 0.25) is 0 Å². The lowest BCUT2D eigenvalue weighted by Gasteiger charge is -1.95. The van der Waals surface area contributed by atoms with E-state index in [0.29, 0.717) is 22.7 Å². The number of fused-ring (bicyclic) bond motifs is 1. The van der Waals surface area contributed by atoms with Crippen molar-refractivity contribution in [2.45, 2.75) is 0 Å². The van der Waals surface area contributed by atoms with Crippen molar-refractivity contribution < 1.29 is 9.18 Å². The smallest absolute Gasteiger partial charge is 0.350 e. The van der Waals surface area contributed by atoms with Crippen molar-refractivity contribution >= 4 is 17.1 Å². The van der Waals surface area contributed by atoms with E-state index in [9.17, 15) is 4.39 Å². The lowest BCUT2D eigenvalue weighted by molar-refractivity contribution is -0.000165. The molecule has 1 heterocycles. The van der Waals surface area contributed by atoms with Crippen LogP contribution in [0.4, 0.5) is 10.1 Å². The van der Waals surface area contributed by atoms with Gasteiger partial charge in [-0.15, -0.1) is 0 Å². The van der Waals surface area contributed by atoms with Crippen molar-refractivity contribution in [2.75, 3.05) is 0 Å². The van der Waals surface area contributed by atoms with Crippen molar-refractivity contribution in [2.24, 2.45) is 4.99 Å². The summed E-state index contributed by atoms with van der Waals surface area (Å²) in [5, 5.41) is 0. The molecule has 0 aliphatic carbocycles. The fourth-order valence-corrected chi connectivity index (χ4v) is 1.99. The van der Waals surface area contributed by atoms with E-state index in [4.69, 9.17) is 5.53 Å². The van der Waals surface area contributed by atoms with Crippen molar-refractivity contribution in [3.05, 3.63) is 71.0 Å². The molecule has 0 radical (unpaired) electrons. The Bertz CT molecular complexity index is 698. The highest BCUT2D eigenvalue weighted by molar-refractivity contribution is 6.55. The van der Waals surface area contributed by atoms with Gasteiger partial charge in [0.05, 0.1) is 11.3 Å². The monoisotopic (exact) mass is 237 g/mol. The van der Waals surface area contributed by atoms with E-state index in [1.807, 2.05) is 30.3 Å². The first kappa shape index (κ1) is 10.6. The molecule has 0 spiro atoms. The summed E-state index contributed by atoms with van der Waals surface area (Å²) in [5.74, 6) is -0.376. The van der Waals surface area contributed by atoms with Crippen LogP contribution in [0.1, 0.15) is 11.1 Å². The van der Waals surface area contributed by atoms with Gasteiger partial charge in [0.2, 0.25) is 0 Å². The molecule has 0 fully saturated rings. The van der Waals surface area contributed by atoms with Crippen LogP contribution in [0.5, 0.6) is 0 Å². The van der Waals surface area contributed by atoms with Crippen molar-refractivity contribution in [1.82, 2.24) is 0 Å². The molecule has 0 atom stereocenters. The Morgan fingerprint density at radius 3 is 2.56 bits per heavy atom. The molecule has 0 bridgehead atoms. The van der Waals surface area contributed by atoms with Crippen LogP contribution in [0.15, 0.2) is 53.5 Å². The number of rotatable bonds is 1. The zero-order chi connectivity index (χ0) is 12.5. The summed E-state index contributed by atoms with van der Waals surface area (Å²) in [6.45, 7) is 0. The minimum absolute atomic E-state index is 0.302. The molecule has 1 aliphatic heterocycles. The van der Waals surface area contributed by atoms with Crippen LogP contribution in [0.25, 0.3) is 5.53 Å². The number of nitrogens with zero attached hydrogens (tertiary/aromatic N) is 3. The van der Waals surface area contributed by atoms with Crippen LogP contribution in [0.3, 0.4) is 0 Å². The van der Waals surface area contributed by atoms with Crippen molar-refractivity contribution in [3.8, 4) is 0 Å². The van der Waals surface area contributed by atoms with E-state index in [1.54, 1.807) is 6.07 Å². The molecule has 0 unspecified atom stereocenters. The second-order valence-electron chi connectivity index (χ2n) is 3.94. The number of hydrogen-bond donors (Lipinski definition) is 0. The highest BCUT2D eigenvalue weighted by Gasteiger charge is 2.31. The Balaban J connectivity index is 2.19. The molecular weight excluding hydrogens is 229 g/mol. The van der Waals surface area contributed by atoms with Crippen LogP contribution in [-0.2, 0) is 0 Å². The molecule has 3 nitrogen and oxygen atoms in total. The fourth-order valence-electron chi connectivity index (χ4n) is 1.99. The summed E-state index contributed by atoms with van der Waals surface area (Å²) in [7, 11) is 0. The van der Waals surface area contributed by atoms with Gasteiger partial charge in [-0.1, -0.05) is 30.3 Å². The molecular formula is C14H8FN3. The van der Waals surface area contributed by atoms with Crippen molar-refractivity contribution in [3.63, 3.8) is 0 Å². The summed E-state index contributed by atoms with van der Waals surface area (Å²) >= 11 is 0. The maximum absolute atomic E-state index is 13.2. The predicted octanol–water partition coefficient (Wildman–Crippen LogP) is 2.98. The topological polar surface area (TPSA) is 48.8 Å². The highest BCUT2D eigenvalue weighted by atomic mass is 19.1. The van der Waals surface area contributed by atoms with Crippen LogP contribution in [-0.4, -0.2) is 16.2 Å². The van der Waals surface area contributed by atoms with Gasteiger partial charge < -0.3 is 5.53 Å². The third-order valence-electron chi connectivity index (χ3n) is 2.82. The Kier molecular flexibility index (Phi) is 2.36. The van der Waals surface area contributed by atoms with Crippen LogP contribution < -0.4 is 0 Å². The highest BCUT2D eigenvalue weighted by Crippen LogP contribution is 2.29. The summed E-state index contributed by atoms with van der Waals surface area (Å²) in [6.07, 6.45) is 0. The average molecular weight is 237 g/mol. The van der Waals surface area contributed by atoms with Gasteiger partial charge in [-0.25, -0.2) is 9.38 Å². The summed E-state index contributed by atoms with van der Waals surface area (Å²) in [4.78, 5) is 7.62. The SMILES string of the molecule is [N-]=[N+]=C1C(c2ccccc2)=Nc2ccc(F)cc21. The molecule has 1 aliphatic rings. The molecule has 2 aromatic carbocycles. The zero-order valence-corrected chi connectivity index (χ0v) is 9.34. The summed E-state index contributed by atoms with van der Waals surface area (Å²) < 4.78 is 13.2. The summed E-state index contributed by atoms with van der Waals surface area (Å²) in [6, 6.07) is 13.6. The van der Waals surface area contributed by atoms with E-state index in [2.05, 4.69) is 9.78 Å². The average Bonchev–Trinajstić information content (AvgIpc) is 2.77. The Morgan fingerprint density at radius 1 is 1.06 bits per heavy atom. The summed E-state index contributed by atoms with van der Waals surface area (Å²) in [5.41, 5.74) is 11.9. The Labute approximate surface area is 103 Å². The first-order valence-corrected chi connectivity index (χ1v) is 5.46. The maximum atomic E-state index is 13.2. The standard InChI is InChI=1S/C14H8FN3/c15-10-6-7-12-11(8-10)14(18-16)13(17-12)9-4-2-1-3-5-9/h1-8H. The van der Waals surface area contributed by atoms with E-state index >= 15 is 0 Å². The molecule has 0 N–H and O–H groups in total. The van der Waals surface area contributed by atoms with E-state index in [-0.39, 0.29) is 5.82 Å². The second-order valence-corrected chi connectivity index (χ2v) is 3.94. The normalized spacial score (nSPS) is 12.9. The lowest BCUT2D eigenvalue weighted by atomic mass is 10.0. The van der Waals surface area contributed by atoms with Crippen LogP contribution in [0, 0.1) is 5.82 Å². The number of hydrogen-bond acceptors (Lipinski definition) is 1. The van der Waals surface area contributed by atoms with Crippen molar-refractivity contribution in [1.29, 1.82) is 0 Å². The van der Waals surface area contributed by atoms with Gasteiger partial charge in [0, 0.05) is 5.56 Å². The maximum Gasteiger partial charge on any atom is 0.350 e. The van der Waals surface area contributed by atoms with E-state index in [1.165, 1.54) is 12.1 Å². The molecule has 2 aromatic rings. The molecule has 18 heavy (non-hydrogen) atoms. The molecule has 0 saturated carbocycles. The molecule has 4 heteroatoms. The van der Waals surface area contributed by atoms with Gasteiger partial charge in [-0.05, 0) is 18.2 Å². The van der Waals surface area contributed by atoms with Gasteiger partial charge >= 0.3 is 5.71 Å². The predicted molar refractivity (Wildman–Crippen MR) is 66.8 cm³/mol. The van der Waals surface area contributed by atoms with E-state index in [0.717, 1.165) is 5.56 Å². The zero-order valence-electron chi connectivity index (χ0n) is 9.34. The first-order chi connectivity index (χ1) is 8.79. The largest absolute Gasteiger partial charge is 0.361 e. The number of aliphatic imine (C=N–C) groups is 1. The second kappa shape index (κ2) is 4.02. The van der Waals surface area contributed by atoms with Crippen LogP contribution >= 0.6 is 0 Å². The molecule has 0 amide bonds. The lowest BCUT2D eigenvalue weighted by Crippen LogP contribution is -2.13. The van der Waals surface area contributed by atoms with Gasteiger partial charge in [-0.3, -0.25) is 0 Å². The number of benzene rings is 2. The quantitative estimate of drug-likeness (QED) is 0.541. The van der Waals surface area contributed by atoms with Gasteiger partial charge in [0.15, 0.2) is 5.71 Å². The molecule has 0 saturated heterocycles.